The quantitative estimate of drug-likeness (QED) is 0.452. The number of ether oxygens (including phenoxy) is 2. The maximum absolute atomic E-state index is 8.50. The molecule has 96 valence electrons. The predicted octanol–water partition coefficient (Wildman–Crippen LogP) is -0.930. The third kappa shape index (κ3) is 3.93. The van der Waals surface area contributed by atoms with Crippen molar-refractivity contribution < 1.29 is 14.6 Å². The lowest BCUT2D eigenvalue weighted by Gasteiger charge is -2.11. The van der Waals surface area contributed by atoms with Crippen molar-refractivity contribution in [2.24, 2.45) is 0 Å². The summed E-state index contributed by atoms with van der Waals surface area (Å²) in [4.78, 5) is 7.77. The molecule has 1 heterocycles. The van der Waals surface area contributed by atoms with Crippen molar-refractivity contribution in [3.8, 4) is 5.88 Å². The largest absolute Gasteiger partial charge is 0.474 e. The maximum atomic E-state index is 8.50. The standard InChI is InChI=1S/C9H17N5O3/c1-12-7-6(10)8(14-9(11)13-7)17-5-4-16-3-2-15/h15H,2-5,10H2,1H3,(H3,11,12,13,14). The van der Waals surface area contributed by atoms with Gasteiger partial charge in [0.25, 0.3) is 0 Å². The van der Waals surface area contributed by atoms with Gasteiger partial charge in [-0.05, 0) is 0 Å². The van der Waals surface area contributed by atoms with Crippen LogP contribution in [0.25, 0.3) is 0 Å². The molecule has 1 aromatic heterocycles. The van der Waals surface area contributed by atoms with Gasteiger partial charge in [0.1, 0.15) is 12.3 Å². The fraction of sp³-hybridized carbons (Fsp3) is 0.556. The summed E-state index contributed by atoms with van der Waals surface area (Å²) in [6.45, 7) is 0.849. The number of nitrogens with two attached hydrogens (primary N) is 2. The van der Waals surface area contributed by atoms with E-state index in [9.17, 15) is 0 Å². The van der Waals surface area contributed by atoms with Crippen LogP contribution in [0.3, 0.4) is 0 Å². The lowest BCUT2D eigenvalue weighted by molar-refractivity contribution is 0.0697. The van der Waals surface area contributed by atoms with Crippen LogP contribution in [0.15, 0.2) is 0 Å². The highest BCUT2D eigenvalue weighted by Crippen LogP contribution is 2.26. The Bertz CT molecular complexity index is 361. The fourth-order valence-electron chi connectivity index (χ4n) is 1.13. The first kappa shape index (κ1) is 13.3. The van der Waals surface area contributed by atoms with Crippen molar-refractivity contribution in [3.05, 3.63) is 0 Å². The SMILES string of the molecule is CNc1nc(N)nc(OCCOCCO)c1N. The van der Waals surface area contributed by atoms with E-state index >= 15 is 0 Å². The third-order valence-electron chi connectivity index (χ3n) is 1.87. The molecule has 0 radical (unpaired) electrons. The van der Waals surface area contributed by atoms with Gasteiger partial charge in [0, 0.05) is 7.05 Å². The van der Waals surface area contributed by atoms with Crippen molar-refractivity contribution in [3.63, 3.8) is 0 Å². The van der Waals surface area contributed by atoms with Gasteiger partial charge in [-0.2, -0.15) is 9.97 Å². The van der Waals surface area contributed by atoms with Crippen LogP contribution in [0.4, 0.5) is 17.5 Å². The number of hydrogen-bond donors (Lipinski definition) is 4. The second-order valence-electron chi connectivity index (χ2n) is 3.08. The Hall–Kier alpha value is -1.80. The van der Waals surface area contributed by atoms with Gasteiger partial charge in [-0.1, -0.05) is 0 Å². The van der Waals surface area contributed by atoms with E-state index in [0.29, 0.717) is 18.1 Å². The van der Waals surface area contributed by atoms with E-state index in [1.54, 1.807) is 7.05 Å². The highest BCUT2D eigenvalue weighted by Gasteiger charge is 2.10. The Morgan fingerprint density at radius 2 is 2.00 bits per heavy atom. The second-order valence-corrected chi connectivity index (χ2v) is 3.08. The second kappa shape index (κ2) is 6.71. The molecule has 0 aliphatic rings. The molecule has 0 bridgehead atoms. The normalized spacial score (nSPS) is 10.2. The molecule has 6 N–H and O–H groups in total. The van der Waals surface area contributed by atoms with E-state index < -0.39 is 0 Å². The van der Waals surface area contributed by atoms with E-state index in [1.807, 2.05) is 0 Å². The molecule has 0 amide bonds. The van der Waals surface area contributed by atoms with Gasteiger partial charge in [0.2, 0.25) is 11.8 Å². The van der Waals surface area contributed by atoms with E-state index in [-0.39, 0.29) is 31.6 Å². The summed E-state index contributed by atoms with van der Waals surface area (Å²) in [5.41, 5.74) is 11.5. The molecular weight excluding hydrogens is 226 g/mol. The van der Waals surface area contributed by atoms with Gasteiger partial charge in [-0.25, -0.2) is 0 Å². The maximum Gasteiger partial charge on any atom is 0.244 e. The number of rotatable bonds is 7. The highest BCUT2D eigenvalue weighted by molar-refractivity contribution is 5.68. The van der Waals surface area contributed by atoms with Gasteiger partial charge < -0.3 is 31.4 Å². The number of hydrogen-bond acceptors (Lipinski definition) is 8. The average molecular weight is 243 g/mol. The van der Waals surface area contributed by atoms with Gasteiger partial charge in [0.15, 0.2) is 5.82 Å². The summed E-state index contributed by atoms with van der Waals surface area (Å²) < 4.78 is 10.3. The molecule has 0 spiro atoms. The lowest BCUT2D eigenvalue weighted by atomic mass is 10.4. The van der Waals surface area contributed by atoms with Gasteiger partial charge in [-0.15, -0.1) is 0 Å². The zero-order valence-electron chi connectivity index (χ0n) is 9.64. The molecule has 0 aliphatic heterocycles. The zero-order valence-corrected chi connectivity index (χ0v) is 9.64. The molecule has 8 nitrogen and oxygen atoms in total. The Morgan fingerprint density at radius 1 is 1.24 bits per heavy atom. The van der Waals surface area contributed by atoms with Crippen molar-refractivity contribution in [2.75, 3.05) is 50.3 Å². The smallest absolute Gasteiger partial charge is 0.244 e. The average Bonchev–Trinajstić information content (AvgIpc) is 2.32. The van der Waals surface area contributed by atoms with Crippen LogP contribution in [-0.2, 0) is 4.74 Å². The Morgan fingerprint density at radius 3 is 2.65 bits per heavy atom. The summed E-state index contributed by atoms with van der Waals surface area (Å²) in [5.74, 6) is 0.716. The van der Waals surface area contributed by atoms with E-state index in [2.05, 4.69) is 15.3 Å². The molecule has 0 atom stereocenters. The van der Waals surface area contributed by atoms with Gasteiger partial charge in [0.05, 0.1) is 19.8 Å². The summed E-state index contributed by atoms with van der Waals surface area (Å²) in [6.07, 6.45) is 0. The highest BCUT2D eigenvalue weighted by atomic mass is 16.5. The molecule has 0 saturated carbocycles. The molecule has 8 heteroatoms. The first-order chi connectivity index (χ1) is 8.19. The molecule has 0 unspecified atom stereocenters. The number of aromatic nitrogens is 2. The van der Waals surface area contributed by atoms with Crippen LogP contribution in [0, 0.1) is 0 Å². The number of anilines is 3. The third-order valence-corrected chi connectivity index (χ3v) is 1.87. The van der Waals surface area contributed by atoms with E-state index in [4.69, 9.17) is 26.0 Å². The first-order valence-corrected chi connectivity index (χ1v) is 5.11. The Labute approximate surface area is 98.9 Å². The molecule has 0 aromatic carbocycles. The minimum Gasteiger partial charge on any atom is -0.474 e. The van der Waals surface area contributed by atoms with Crippen molar-refractivity contribution in [2.45, 2.75) is 0 Å². The van der Waals surface area contributed by atoms with Crippen LogP contribution in [0.1, 0.15) is 0 Å². The number of aliphatic hydroxyl groups excluding tert-OH is 1. The van der Waals surface area contributed by atoms with Crippen molar-refractivity contribution >= 4 is 17.5 Å². The fourth-order valence-corrected chi connectivity index (χ4v) is 1.13. The molecule has 0 saturated heterocycles. The minimum atomic E-state index is -0.0213. The number of nitrogens with zero attached hydrogens (tertiary/aromatic N) is 2. The van der Waals surface area contributed by atoms with Crippen molar-refractivity contribution in [1.29, 1.82) is 0 Å². The summed E-state index contributed by atoms with van der Waals surface area (Å²) in [6, 6.07) is 0. The van der Waals surface area contributed by atoms with Crippen molar-refractivity contribution in [1.82, 2.24) is 9.97 Å². The summed E-state index contributed by atoms with van der Waals surface area (Å²) >= 11 is 0. The Kier molecular flexibility index (Phi) is 5.24. The van der Waals surface area contributed by atoms with Crippen LogP contribution >= 0.6 is 0 Å². The molecule has 17 heavy (non-hydrogen) atoms. The monoisotopic (exact) mass is 243 g/mol. The van der Waals surface area contributed by atoms with Gasteiger partial charge in [-0.3, -0.25) is 0 Å². The summed E-state index contributed by atoms with van der Waals surface area (Å²) in [5, 5.41) is 11.3. The topological polar surface area (TPSA) is 129 Å². The number of aliphatic hydroxyl groups is 1. The van der Waals surface area contributed by atoms with Crippen LogP contribution in [-0.4, -0.2) is 48.5 Å². The zero-order chi connectivity index (χ0) is 12.7. The van der Waals surface area contributed by atoms with E-state index in [0.717, 1.165) is 0 Å². The van der Waals surface area contributed by atoms with Crippen LogP contribution in [0.5, 0.6) is 5.88 Å². The first-order valence-electron chi connectivity index (χ1n) is 5.11. The number of nitrogen functional groups attached to an aromatic ring is 2. The lowest BCUT2D eigenvalue weighted by Crippen LogP contribution is -2.13. The Balaban J connectivity index is 2.55. The molecule has 1 rings (SSSR count). The van der Waals surface area contributed by atoms with Crippen LogP contribution in [0.2, 0.25) is 0 Å². The molecule has 1 aromatic rings. The van der Waals surface area contributed by atoms with Gasteiger partial charge >= 0.3 is 0 Å². The van der Waals surface area contributed by atoms with E-state index in [1.165, 1.54) is 0 Å². The minimum absolute atomic E-state index is 0.0213. The molecule has 0 fully saturated rings. The predicted molar refractivity (Wildman–Crippen MR) is 63.8 cm³/mol. The summed E-state index contributed by atoms with van der Waals surface area (Å²) in [7, 11) is 1.67. The molecule has 0 aliphatic carbocycles. The van der Waals surface area contributed by atoms with Crippen LogP contribution < -0.4 is 21.5 Å². The molecular formula is C9H17N5O3. The number of nitrogens with one attached hydrogen (secondary N) is 1.